The normalized spacial score (nSPS) is 21.9. The number of carbonyl (C=O) groups is 4. The van der Waals surface area contributed by atoms with Gasteiger partial charge in [0, 0.05) is 7.05 Å². The molecule has 1 heterocycles. The maximum absolute atomic E-state index is 12.2. The molecule has 4 unspecified atom stereocenters. The standard InChI is InChI=1S/C12H21N4O4P/c1-6(10(18)14-21)13-11(19)7(2)16-5-9(17)15(4)8(3)12(16)20/h6-8H,5,21H2,1-4H3,(H,13,19)(H,14,18). The Morgan fingerprint density at radius 3 is 2.38 bits per heavy atom. The minimum atomic E-state index is -0.822. The fraction of sp³-hybridized carbons (Fsp3) is 0.667. The van der Waals surface area contributed by atoms with E-state index in [1.54, 1.807) is 14.0 Å². The summed E-state index contributed by atoms with van der Waals surface area (Å²) < 4.78 is 0. The van der Waals surface area contributed by atoms with Gasteiger partial charge in [0.1, 0.15) is 24.7 Å². The molecule has 0 aliphatic carbocycles. The quantitative estimate of drug-likeness (QED) is 0.615. The fourth-order valence-electron chi connectivity index (χ4n) is 1.95. The lowest BCUT2D eigenvalue weighted by Crippen LogP contribution is -2.62. The molecule has 8 nitrogen and oxygen atoms in total. The van der Waals surface area contributed by atoms with Gasteiger partial charge in [0.25, 0.3) is 0 Å². The lowest BCUT2D eigenvalue weighted by atomic mass is 10.1. The maximum Gasteiger partial charge on any atom is 0.246 e. The monoisotopic (exact) mass is 316 g/mol. The van der Waals surface area contributed by atoms with E-state index in [9.17, 15) is 19.2 Å². The maximum atomic E-state index is 12.2. The van der Waals surface area contributed by atoms with Gasteiger partial charge in [-0.25, -0.2) is 0 Å². The van der Waals surface area contributed by atoms with Crippen molar-refractivity contribution in [2.24, 2.45) is 0 Å². The summed E-state index contributed by atoms with van der Waals surface area (Å²) in [6.45, 7) is 4.54. The molecule has 0 radical (unpaired) electrons. The van der Waals surface area contributed by atoms with Crippen LogP contribution in [0.25, 0.3) is 0 Å². The number of nitrogens with one attached hydrogen (secondary N) is 2. The van der Waals surface area contributed by atoms with E-state index in [1.165, 1.54) is 23.6 Å². The largest absolute Gasteiger partial charge is 0.343 e. The Bertz CT molecular complexity index is 470. The highest BCUT2D eigenvalue weighted by atomic mass is 31.0. The molecule has 2 N–H and O–H groups in total. The van der Waals surface area contributed by atoms with Crippen LogP contribution in [-0.2, 0) is 19.2 Å². The number of hydrogen-bond acceptors (Lipinski definition) is 4. The van der Waals surface area contributed by atoms with Crippen LogP contribution in [0.1, 0.15) is 20.8 Å². The molecular weight excluding hydrogens is 295 g/mol. The van der Waals surface area contributed by atoms with Crippen molar-refractivity contribution in [1.29, 1.82) is 0 Å². The molecule has 0 aromatic rings. The molecule has 1 rings (SSSR count). The smallest absolute Gasteiger partial charge is 0.246 e. The summed E-state index contributed by atoms with van der Waals surface area (Å²) in [4.78, 5) is 50.0. The summed E-state index contributed by atoms with van der Waals surface area (Å²) in [7, 11) is 3.61. The van der Waals surface area contributed by atoms with Crippen molar-refractivity contribution in [2.45, 2.75) is 38.9 Å². The van der Waals surface area contributed by atoms with Crippen molar-refractivity contribution >= 4 is 33.0 Å². The number of amides is 4. The third-order valence-corrected chi connectivity index (χ3v) is 3.95. The first-order chi connectivity index (χ1) is 9.70. The molecule has 4 amide bonds. The lowest BCUT2D eigenvalue weighted by molar-refractivity contribution is -0.157. The Kier molecular flexibility index (Phi) is 5.66. The summed E-state index contributed by atoms with van der Waals surface area (Å²) in [6.07, 6.45) is 0. The molecule has 1 aliphatic heterocycles. The zero-order valence-electron chi connectivity index (χ0n) is 12.5. The zero-order valence-corrected chi connectivity index (χ0v) is 13.7. The van der Waals surface area contributed by atoms with Crippen molar-refractivity contribution in [2.75, 3.05) is 13.6 Å². The molecule has 0 saturated carbocycles. The van der Waals surface area contributed by atoms with Gasteiger partial charge in [-0.05, 0) is 30.2 Å². The molecule has 118 valence electrons. The summed E-state index contributed by atoms with van der Waals surface area (Å²) in [5.41, 5.74) is 0. The molecule has 1 saturated heterocycles. The Labute approximate surface area is 125 Å². The van der Waals surface area contributed by atoms with Gasteiger partial charge < -0.3 is 20.2 Å². The van der Waals surface area contributed by atoms with Crippen LogP contribution in [0.3, 0.4) is 0 Å². The van der Waals surface area contributed by atoms with Crippen LogP contribution in [0.2, 0.25) is 0 Å². The molecule has 1 fully saturated rings. The summed E-state index contributed by atoms with van der Waals surface area (Å²) in [5.74, 6) is -1.36. The molecule has 9 heteroatoms. The number of piperazine rings is 1. The fourth-order valence-corrected chi connectivity index (χ4v) is 2.20. The Morgan fingerprint density at radius 2 is 1.86 bits per heavy atom. The van der Waals surface area contributed by atoms with Gasteiger partial charge in [-0.15, -0.1) is 0 Å². The van der Waals surface area contributed by atoms with Crippen LogP contribution in [0, 0.1) is 0 Å². The molecular formula is C12H21N4O4P. The third kappa shape index (κ3) is 3.69. The molecule has 0 bridgehead atoms. The topological polar surface area (TPSA) is 98.8 Å². The molecule has 0 aromatic heterocycles. The molecule has 0 spiro atoms. The van der Waals surface area contributed by atoms with Gasteiger partial charge in [0.15, 0.2) is 0 Å². The summed E-state index contributed by atoms with van der Waals surface area (Å²) >= 11 is 0. The zero-order chi connectivity index (χ0) is 16.3. The van der Waals surface area contributed by atoms with Crippen LogP contribution >= 0.6 is 9.39 Å². The number of hydrogen-bond donors (Lipinski definition) is 2. The van der Waals surface area contributed by atoms with Crippen molar-refractivity contribution in [3.8, 4) is 0 Å². The Balaban J connectivity index is 2.76. The second-order valence-corrected chi connectivity index (χ2v) is 5.35. The highest BCUT2D eigenvalue weighted by Gasteiger charge is 2.38. The van der Waals surface area contributed by atoms with E-state index in [2.05, 4.69) is 19.8 Å². The summed E-state index contributed by atoms with van der Waals surface area (Å²) in [5, 5.41) is 4.84. The van der Waals surface area contributed by atoms with E-state index in [-0.39, 0.29) is 24.3 Å². The Morgan fingerprint density at radius 1 is 1.29 bits per heavy atom. The second-order valence-electron chi connectivity index (χ2n) is 5.06. The van der Waals surface area contributed by atoms with Gasteiger partial charge in [-0.3, -0.25) is 19.2 Å². The molecule has 0 aromatic carbocycles. The number of rotatable bonds is 4. The van der Waals surface area contributed by atoms with Gasteiger partial charge in [-0.2, -0.15) is 0 Å². The highest BCUT2D eigenvalue weighted by Crippen LogP contribution is 2.13. The molecule has 1 aliphatic rings. The van der Waals surface area contributed by atoms with Crippen LogP contribution in [0.15, 0.2) is 0 Å². The lowest BCUT2D eigenvalue weighted by Gasteiger charge is -2.39. The number of carbonyl (C=O) groups excluding carboxylic acids is 4. The highest BCUT2D eigenvalue weighted by molar-refractivity contribution is 7.15. The average molecular weight is 316 g/mol. The van der Waals surface area contributed by atoms with Crippen LogP contribution in [0.5, 0.6) is 0 Å². The predicted molar refractivity (Wildman–Crippen MR) is 78.9 cm³/mol. The van der Waals surface area contributed by atoms with Crippen LogP contribution in [0.4, 0.5) is 0 Å². The SMILES string of the molecule is CC(NC(=O)C(C)N1CC(=O)N(C)C(C)C1=O)C(=O)NP. The van der Waals surface area contributed by atoms with Gasteiger partial charge in [0.2, 0.25) is 23.6 Å². The number of nitrogens with zero attached hydrogens (tertiary/aromatic N) is 2. The third-order valence-electron chi connectivity index (χ3n) is 3.66. The van der Waals surface area contributed by atoms with Gasteiger partial charge in [0.05, 0.1) is 0 Å². The predicted octanol–water partition coefficient (Wildman–Crippen LogP) is -1.52. The minimum absolute atomic E-state index is 0.140. The van der Waals surface area contributed by atoms with Crippen molar-refractivity contribution < 1.29 is 19.2 Å². The first-order valence-corrected chi connectivity index (χ1v) is 7.15. The van der Waals surface area contributed by atoms with Gasteiger partial charge in [-0.1, -0.05) is 0 Å². The first kappa shape index (κ1) is 17.4. The van der Waals surface area contributed by atoms with Gasteiger partial charge >= 0.3 is 0 Å². The van der Waals surface area contributed by atoms with Crippen molar-refractivity contribution in [3.63, 3.8) is 0 Å². The Hall–Kier alpha value is -1.69. The second kappa shape index (κ2) is 6.85. The molecule has 4 atom stereocenters. The van der Waals surface area contributed by atoms with E-state index in [0.717, 1.165) is 0 Å². The van der Waals surface area contributed by atoms with Crippen LogP contribution in [-0.4, -0.2) is 65.1 Å². The first-order valence-electron chi connectivity index (χ1n) is 6.57. The van der Waals surface area contributed by atoms with E-state index in [4.69, 9.17) is 0 Å². The van der Waals surface area contributed by atoms with Crippen LogP contribution < -0.4 is 10.4 Å². The van der Waals surface area contributed by atoms with E-state index in [1.807, 2.05) is 0 Å². The summed E-state index contributed by atoms with van der Waals surface area (Å²) in [6, 6.07) is -2.15. The van der Waals surface area contributed by atoms with E-state index in [0.29, 0.717) is 0 Å². The molecule has 21 heavy (non-hydrogen) atoms. The number of likely N-dealkylation sites (N-methyl/N-ethyl adjacent to an activating group) is 1. The minimum Gasteiger partial charge on any atom is -0.343 e. The van der Waals surface area contributed by atoms with Crippen molar-refractivity contribution in [3.05, 3.63) is 0 Å². The van der Waals surface area contributed by atoms with E-state index >= 15 is 0 Å². The van der Waals surface area contributed by atoms with E-state index < -0.39 is 24.0 Å². The van der Waals surface area contributed by atoms with Crippen molar-refractivity contribution in [1.82, 2.24) is 20.2 Å². The average Bonchev–Trinajstić information content (AvgIpc) is 2.46.